The number of anilines is 1. The first-order valence-electron chi connectivity index (χ1n) is 8.64. The van der Waals surface area contributed by atoms with Gasteiger partial charge in [-0.05, 0) is 49.2 Å². The molecule has 0 heterocycles. The fourth-order valence-electron chi connectivity index (χ4n) is 3.07. The van der Waals surface area contributed by atoms with Gasteiger partial charge in [-0.25, -0.2) is 17.5 Å². The van der Waals surface area contributed by atoms with E-state index in [0.717, 1.165) is 32.1 Å². The van der Waals surface area contributed by atoms with E-state index in [9.17, 15) is 17.6 Å². The van der Waals surface area contributed by atoms with Gasteiger partial charge in [0.1, 0.15) is 5.82 Å². The number of rotatable bonds is 5. The Labute approximate surface area is 152 Å². The van der Waals surface area contributed by atoms with Crippen LogP contribution in [0.2, 0.25) is 0 Å². The van der Waals surface area contributed by atoms with Crippen molar-refractivity contribution in [2.45, 2.75) is 43.0 Å². The number of carbonyl (C=O) groups is 1. The van der Waals surface area contributed by atoms with Gasteiger partial charge in [0, 0.05) is 11.7 Å². The van der Waals surface area contributed by atoms with Crippen molar-refractivity contribution in [1.29, 1.82) is 0 Å². The fourth-order valence-corrected chi connectivity index (χ4v) is 4.37. The van der Waals surface area contributed by atoms with Gasteiger partial charge in [-0.15, -0.1) is 0 Å². The molecule has 0 aliphatic heterocycles. The Kier molecular flexibility index (Phi) is 5.68. The Morgan fingerprint density at radius 3 is 2.27 bits per heavy atom. The van der Waals surface area contributed by atoms with Crippen molar-refractivity contribution in [2.24, 2.45) is 0 Å². The van der Waals surface area contributed by atoms with Gasteiger partial charge >= 0.3 is 0 Å². The number of carbonyl (C=O) groups excluding carboxylic acids is 1. The molecule has 0 atom stereocenters. The molecule has 1 aliphatic carbocycles. The standard InChI is InChI=1S/C19H21FN2O3S/c20-18-9-5-4-8-17(18)19(23)21-14-10-12-16(13-11-14)26(24,25)22-15-6-2-1-3-7-15/h4-5,8-13,15,22H,1-3,6-7H2,(H,21,23). The molecule has 1 saturated carbocycles. The lowest BCUT2D eigenvalue weighted by molar-refractivity contribution is 0.102. The summed E-state index contributed by atoms with van der Waals surface area (Å²) >= 11 is 0. The van der Waals surface area contributed by atoms with E-state index >= 15 is 0 Å². The van der Waals surface area contributed by atoms with Crippen molar-refractivity contribution in [3.63, 3.8) is 0 Å². The number of hydrogen-bond acceptors (Lipinski definition) is 3. The molecule has 0 unspecified atom stereocenters. The van der Waals surface area contributed by atoms with Crippen molar-refractivity contribution >= 4 is 21.6 Å². The fraction of sp³-hybridized carbons (Fsp3) is 0.316. The molecule has 0 aromatic heterocycles. The van der Waals surface area contributed by atoms with Gasteiger partial charge in [0.15, 0.2) is 0 Å². The molecule has 26 heavy (non-hydrogen) atoms. The largest absolute Gasteiger partial charge is 0.322 e. The molecule has 0 spiro atoms. The third-order valence-electron chi connectivity index (χ3n) is 4.47. The number of sulfonamides is 1. The molecule has 138 valence electrons. The van der Waals surface area contributed by atoms with Crippen LogP contribution in [0.5, 0.6) is 0 Å². The van der Waals surface area contributed by atoms with Crippen LogP contribution in [0.15, 0.2) is 53.4 Å². The zero-order valence-corrected chi connectivity index (χ0v) is 15.1. The molecule has 5 nitrogen and oxygen atoms in total. The summed E-state index contributed by atoms with van der Waals surface area (Å²) in [6.07, 6.45) is 4.93. The second-order valence-electron chi connectivity index (χ2n) is 6.41. The summed E-state index contributed by atoms with van der Waals surface area (Å²) < 4.78 is 41.3. The van der Waals surface area contributed by atoms with Crippen LogP contribution >= 0.6 is 0 Å². The third-order valence-corrected chi connectivity index (χ3v) is 6.00. The highest BCUT2D eigenvalue weighted by molar-refractivity contribution is 7.89. The van der Waals surface area contributed by atoms with Gasteiger partial charge in [-0.3, -0.25) is 4.79 Å². The maximum atomic E-state index is 13.6. The number of amides is 1. The molecule has 2 N–H and O–H groups in total. The van der Waals surface area contributed by atoms with Crippen molar-refractivity contribution in [1.82, 2.24) is 4.72 Å². The Bertz CT molecular complexity index is 876. The molecule has 0 radical (unpaired) electrons. The van der Waals surface area contributed by atoms with Crippen LogP contribution < -0.4 is 10.0 Å². The van der Waals surface area contributed by atoms with E-state index in [4.69, 9.17) is 0 Å². The molecule has 1 fully saturated rings. The normalized spacial score (nSPS) is 15.6. The van der Waals surface area contributed by atoms with E-state index in [1.807, 2.05) is 0 Å². The lowest BCUT2D eigenvalue weighted by Crippen LogP contribution is -2.36. The monoisotopic (exact) mass is 376 g/mol. The first-order valence-corrected chi connectivity index (χ1v) is 10.1. The zero-order valence-electron chi connectivity index (χ0n) is 14.2. The molecule has 3 rings (SSSR count). The predicted octanol–water partition coefficient (Wildman–Crippen LogP) is 3.69. The minimum Gasteiger partial charge on any atom is -0.322 e. The minimum atomic E-state index is -3.59. The van der Waals surface area contributed by atoms with E-state index in [-0.39, 0.29) is 16.5 Å². The van der Waals surface area contributed by atoms with Crippen molar-refractivity contribution in [3.05, 3.63) is 59.9 Å². The van der Waals surface area contributed by atoms with Gasteiger partial charge in [-0.1, -0.05) is 31.4 Å². The van der Waals surface area contributed by atoms with Gasteiger partial charge in [0.2, 0.25) is 10.0 Å². The maximum absolute atomic E-state index is 13.6. The molecule has 2 aromatic rings. The number of halogens is 1. The van der Waals surface area contributed by atoms with E-state index < -0.39 is 21.7 Å². The summed E-state index contributed by atoms with van der Waals surface area (Å²) in [5.41, 5.74) is 0.332. The average molecular weight is 376 g/mol. The summed E-state index contributed by atoms with van der Waals surface area (Å²) in [6, 6.07) is 11.5. The second kappa shape index (κ2) is 7.97. The lowest BCUT2D eigenvalue weighted by Gasteiger charge is -2.22. The highest BCUT2D eigenvalue weighted by atomic mass is 32.2. The van der Waals surface area contributed by atoms with Crippen LogP contribution in [-0.2, 0) is 10.0 Å². The van der Waals surface area contributed by atoms with Crippen molar-refractivity contribution < 1.29 is 17.6 Å². The van der Waals surface area contributed by atoms with Crippen LogP contribution in [0.25, 0.3) is 0 Å². The van der Waals surface area contributed by atoms with E-state index in [0.29, 0.717) is 5.69 Å². The first kappa shape index (κ1) is 18.5. The summed E-state index contributed by atoms with van der Waals surface area (Å²) in [4.78, 5) is 12.2. The SMILES string of the molecule is O=C(Nc1ccc(S(=O)(=O)NC2CCCCC2)cc1)c1ccccc1F. The lowest BCUT2D eigenvalue weighted by atomic mass is 9.96. The summed E-state index contributed by atoms with van der Waals surface area (Å²) in [6.45, 7) is 0. The van der Waals surface area contributed by atoms with Gasteiger partial charge in [0.25, 0.3) is 5.91 Å². The van der Waals surface area contributed by atoms with Gasteiger partial charge in [0.05, 0.1) is 10.5 Å². The molecular formula is C19H21FN2O3S. The smallest absolute Gasteiger partial charge is 0.258 e. The Hall–Kier alpha value is -2.25. The second-order valence-corrected chi connectivity index (χ2v) is 8.13. The highest BCUT2D eigenvalue weighted by Crippen LogP contribution is 2.21. The number of hydrogen-bond donors (Lipinski definition) is 2. The summed E-state index contributed by atoms with van der Waals surface area (Å²) in [5.74, 6) is -1.19. The number of benzene rings is 2. The Morgan fingerprint density at radius 1 is 0.962 bits per heavy atom. The number of nitrogens with one attached hydrogen (secondary N) is 2. The Morgan fingerprint density at radius 2 is 1.62 bits per heavy atom. The molecule has 2 aromatic carbocycles. The van der Waals surface area contributed by atoms with E-state index in [1.54, 1.807) is 6.07 Å². The van der Waals surface area contributed by atoms with Crippen LogP contribution in [0.3, 0.4) is 0 Å². The molecule has 0 saturated heterocycles. The highest BCUT2D eigenvalue weighted by Gasteiger charge is 2.21. The van der Waals surface area contributed by atoms with E-state index in [2.05, 4.69) is 10.0 Å². The first-order chi connectivity index (χ1) is 12.5. The molecular weight excluding hydrogens is 355 g/mol. The quantitative estimate of drug-likeness (QED) is 0.836. The predicted molar refractivity (Wildman–Crippen MR) is 98.0 cm³/mol. The molecule has 1 aliphatic rings. The van der Waals surface area contributed by atoms with Crippen LogP contribution in [0, 0.1) is 5.82 Å². The maximum Gasteiger partial charge on any atom is 0.258 e. The summed E-state index contributed by atoms with van der Waals surface area (Å²) in [5, 5.41) is 2.56. The van der Waals surface area contributed by atoms with Crippen molar-refractivity contribution in [2.75, 3.05) is 5.32 Å². The van der Waals surface area contributed by atoms with Gasteiger partial charge < -0.3 is 5.32 Å². The van der Waals surface area contributed by atoms with Crippen LogP contribution in [0.1, 0.15) is 42.5 Å². The summed E-state index contributed by atoms with van der Waals surface area (Å²) in [7, 11) is -3.59. The average Bonchev–Trinajstić information content (AvgIpc) is 2.63. The minimum absolute atomic E-state index is 0.0193. The third kappa shape index (κ3) is 4.47. The molecule has 7 heteroatoms. The van der Waals surface area contributed by atoms with Gasteiger partial charge in [-0.2, -0.15) is 0 Å². The molecule has 0 bridgehead atoms. The van der Waals surface area contributed by atoms with Crippen LogP contribution in [0.4, 0.5) is 10.1 Å². The zero-order chi connectivity index (χ0) is 18.6. The van der Waals surface area contributed by atoms with Crippen LogP contribution in [-0.4, -0.2) is 20.4 Å². The van der Waals surface area contributed by atoms with E-state index in [1.165, 1.54) is 42.5 Å². The Balaban J connectivity index is 1.68. The topological polar surface area (TPSA) is 75.3 Å². The molecule has 1 amide bonds. The van der Waals surface area contributed by atoms with Crippen molar-refractivity contribution in [3.8, 4) is 0 Å².